The molecular formula is C31H42N2O4. The van der Waals surface area contributed by atoms with Crippen LogP contribution in [0.1, 0.15) is 64.7 Å². The Bertz CT molecular complexity index is 1070. The van der Waals surface area contributed by atoms with E-state index in [0.717, 1.165) is 54.9 Å². The number of hydrogen-bond donors (Lipinski definition) is 2. The number of rotatable bonds is 12. The fourth-order valence-electron chi connectivity index (χ4n) is 5.65. The molecule has 4 rings (SSSR count). The first kappa shape index (κ1) is 27.2. The van der Waals surface area contributed by atoms with Gasteiger partial charge in [0.05, 0.1) is 11.5 Å². The Kier molecular flexibility index (Phi) is 10.0. The smallest absolute Gasteiger partial charge is 0.306 e. The van der Waals surface area contributed by atoms with Crippen molar-refractivity contribution < 1.29 is 19.4 Å². The summed E-state index contributed by atoms with van der Waals surface area (Å²) in [7, 11) is 0. The van der Waals surface area contributed by atoms with E-state index in [1.54, 1.807) is 6.92 Å². The zero-order valence-electron chi connectivity index (χ0n) is 22.2. The van der Waals surface area contributed by atoms with Gasteiger partial charge in [-0.15, -0.1) is 0 Å². The van der Waals surface area contributed by atoms with Gasteiger partial charge in [0.25, 0.3) is 5.91 Å². The quantitative estimate of drug-likeness (QED) is 0.281. The summed E-state index contributed by atoms with van der Waals surface area (Å²) in [6.45, 7) is 5.02. The molecular weight excluding hydrogens is 464 g/mol. The maximum absolute atomic E-state index is 13.3. The van der Waals surface area contributed by atoms with E-state index in [1.165, 1.54) is 32.1 Å². The van der Waals surface area contributed by atoms with Crippen molar-refractivity contribution in [2.75, 3.05) is 26.2 Å². The van der Waals surface area contributed by atoms with Crippen LogP contribution in [0.4, 0.5) is 0 Å². The van der Waals surface area contributed by atoms with E-state index < -0.39 is 5.97 Å². The van der Waals surface area contributed by atoms with Gasteiger partial charge in [0.2, 0.25) is 0 Å². The summed E-state index contributed by atoms with van der Waals surface area (Å²) >= 11 is 0. The zero-order chi connectivity index (χ0) is 26.0. The number of carbonyl (C=O) groups excluding carboxylic acids is 1. The molecule has 200 valence electrons. The maximum atomic E-state index is 13.3. The second kappa shape index (κ2) is 13.6. The molecule has 1 saturated carbocycles. The van der Waals surface area contributed by atoms with Crippen LogP contribution in [-0.4, -0.2) is 54.2 Å². The van der Waals surface area contributed by atoms with Crippen LogP contribution in [0.5, 0.6) is 5.75 Å². The number of unbranched alkanes of at least 4 members (excludes halogenated alkanes) is 1. The van der Waals surface area contributed by atoms with Crippen LogP contribution >= 0.6 is 0 Å². The predicted octanol–water partition coefficient (Wildman–Crippen LogP) is 5.81. The molecule has 1 saturated heterocycles. The van der Waals surface area contributed by atoms with Crippen molar-refractivity contribution >= 4 is 22.6 Å². The van der Waals surface area contributed by atoms with Gasteiger partial charge in [-0.1, -0.05) is 68.7 Å². The Morgan fingerprint density at radius 1 is 1.11 bits per heavy atom. The number of amides is 1. The van der Waals surface area contributed by atoms with Crippen LogP contribution in [-0.2, 0) is 9.59 Å². The number of likely N-dealkylation sites (tertiary alicyclic amines) is 1. The Hall–Kier alpha value is -2.86. The molecule has 2 aromatic carbocycles. The second-order valence-corrected chi connectivity index (χ2v) is 10.9. The minimum absolute atomic E-state index is 0.0731. The van der Waals surface area contributed by atoms with Gasteiger partial charge in [0, 0.05) is 31.1 Å². The lowest BCUT2D eigenvalue weighted by atomic mass is 9.89. The molecule has 1 aliphatic carbocycles. The molecule has 2 atom stereocenters. The Balaban J connectivity index is 1.36. The summed E-state index contributed by atoms with van der Waals surface area (Å²) in [6, 6.07) is 14.2. The van der Waals surface area contributed by atoms with Crippen LogP contribution in [0.3, 0.4) is 0 Å². The fourth-order valence-corrected chi connectivity index (χ4v) is 5.65. The number of allylic oxidation sites excluding steroid dienone is 1. The van der Waals surface area contributed by atoms with Crippen molar-refractivity contribution in [3.8, 4) is 5.75 Å². The summed E-state index contributed by atoms with van der Waals surface area (Å²) in [6.07, 6.45) is 11.6. The molecule has 37 heavy (non-hydrogen) atoms. The molecule has 0 radical (unpaired) electrons. The predicted molar refractivity (Wildman–Crippen MR) is 148 cm³/mol. The highest BCUT2D eigenvalue weighted by Gasteiger charge is 2.27. The number of carboxylic acid groups (broad SMARTS) is 1. The number of fused-ring (bicyclic) bond motifs is 1. The van der Waals surface area contributed by atoms with Crippen molar-refractivity contribution in [2.45, 2.75) is 70.8 Å². The highest BCUT2D eigenvalue weighted by atomic mass is 16.5. The van der Waals surface area contributed by atoms with E-state index in [2.05, 4.69) is 22.3 Å². The third-order valence-electron chi connectivity index (χ3n) is 7.93. The summed E-state index contributed by atoms with van der Waals surface area (Å²) in [5.74, 6) is 0.333. The van der Waals surface area contributed by atoms with Crippen LogP contribution < -0.4 is 10.1 Å². The molecule has 1 heterocycles. The minimum Gasteiger partial charge on any atom is -0.488 e. The van der Waals surface area contributed by atoms with Crippen LogP contribution in [0, 0.1) is 11.8 Å². The van der Waals surface area contributed by atoms with Crippen LogP contribution in [0.2, 0.25) is 0 Å². The number of carbonyl (C=O) groups is 2. The van der Waals surface area contributed by atoms with Gasteiger partial charge in [-0.3, -0.25) is 9.59 Å². The standard InChI is InChI=1S/C31H42N2O4/c1-23(31(35)36)10-5-6-14-26(22-37-29-17-9-15-25-13-7-8-16-28(25)29)30(34)32-27-18-19-33(21-27)20-24-11-3-2-4-12-24/h7-9,13-17,23-24,27H,2-6,10-12,18-22H2,1H3,(H,32,34)(H,35,36). The lowest BCUT2D eigenvalue weighted by Crippen LogP contribution is -2.39. The number of nitrogens with one attached hydrogen (secondary N) is 1. The van der Waals surface area contributed by atoms with E-state index in [9.17, 15) is 9.59 Å². The lowest BCUT2D eigenvalue weighted by Gasteiger charge is -2.26. The van der Waals surface area contributed by atoms with E-state index in [-0.39, 0.29) is 24.5 Å². The molecule has 0 aromatic heterocycles. The minimum atomic E-state index is -0.778. The average molecular weight is 507 g/mol. The van der Waals surface area contributed by atoms with Gasteiger partial charge in [0.1, 0.15) is 12.4 Å². The molecule has 2 fully saturated rings. The first-order valence-electron chi connectivity index (χ1n) is 14.0. The number of benzene rings is 2. The molecule has 6 heteroatoms. The lowest BCUT2D eigenvalue weighted by molar-refractivity contribution is -0.141. The molecule has 2 aromatic rings. The van der Waals surface area contributed by atoms with Crippen molar-refractivity contribution in [2.24, 2.45) is 11.8 Å². The average Bonchev–Trinajstić information content (AvgIpc) is 3.34. The molecule has 1 amide bonds. The molecule has 2 unspecified atom stereocenters. The SMILES string of the molecule is CC(CCCC=C(COc1cccc2ccccc12)C(=O)NC1CCN(CC2CCCCC2)C1)C(=O)O. The Morgan fingerprint density at radius 3 is 2.70 bits per heavy atom. The first-order chi connectivity index (χ1) is 18.0. The van der Waals surface area contributed by atoms with Gasteiger partial charge in [-0.05, 0) is 55.9 Å². The monoisotopic (exact) mass is 506 g/mol. The Labute approximate surface area is 221 Å². The van der Waals surface area contributed by atoms with Crippen molar-refractivity contribution in [1.29, 1.82) is 0 Å². The highest BCUT2D eigenvalue weighted by Crippen LogP contribution is 2.27. The molecule has 0 bridgehead atoms. The summed E-state index contributed by atoms with van der Waals surface area (Å²) in [5, 5.41) is 14.5. The fraction of sp³-hybridized carbons (Fsp3) is 0.548. The molecule has 2 aliphatic rings. The van der Waals surface area contributed by atoms with Gasteiger partial charge in [0.15, 0.2) is 0 Å². The zero-order valence-corrected chi connectivity index (χ0v) is 22.2. The van der Waals surface area contributed by atoms with Crippen molar-refractivity contribution in [3.05, 3.63) is 54.1 Å². The van der Waals surface area contributed by atoms with Gasteiger partial charge in [-0.2, -0.15) is 0 Å². The van der Waals surface area contributed by atoms with Gasteiger partial charge >= 0.3 is 5.97 Å². The molecule has 0 spiro atoms. The number of ether oxygens (including phenoxy) is 1. The third kappa shape index (κ3) is 8.06. The van der Waals surface area contributed by atoms with E-state index >= 15 is 0 Å². The Morgan fingerprint density at radius 2 is 1.89 bits per heavy atom. The molecule has 2 N–H and O–H groups in total. The number of hydrogen-bond acceptors (Lipinski definition) is 4. The topological polar surface area (TPSA) is 78.9 Å². The summed E-state index contributed by atoms with van der Waals surface area (Å²) in [5.41, 5.74) is 0.613. The summed E-state index contributed by atoms with van der Waals surface area (Å²) < 4.78 is 6.17. The van der Waals surface area contributed by atoms with Gasteiger partial charge in [-0.25, -0.2) is 0 Å². The van der Waals surface area contributed by atoms with Crippen molar-refractivity contribution in [1.82, 2.24) is 10.2 Å². The van der Waals surface area contributed by atoms with Gasteiger partial charge < -0.3 is 20.1 Å². The van der Waals surface area contributed by atoms with E-state index in [1.807, 2.05) is 36.4 Å². The van der Waals surface area contributed by atoms with Crippen LogP contribution in [0.15, 0.2) is 54.1 Å². The third-order valence-corrected chi connectivity index (χ3v) is 7.93. The molecule has 1 aliphatic heterocycles. The molecule has 6 nitrogen and oxygen atoms in total. The van der Waals surface area contributed by atoms with Crippen molar-refractivity contribution in [3.63, 3.8) is 0 Å². The largest absolute Gasteiger partial charge is 0.488 e. The highest BCUT2D eigenvalue weighted by molar-refractivity contribution is 5.94. The number of carboxylic acids is 1. The summed E-state index contributed by atoms with van der Waals surface area (Å²) in [4.78, 5) is 27.0. The first-order valence-corrected chi connectivity index (χ1v) is 14.0. The van der Waals surface area contributed by atoms with E-state index in [0.29, 0.717) is 18.4 Å². The second-order valence-electron chi connectivity index (χ2n) is 10.9. The maximum Gasteiger partial charge on any atom is 0.306 e. The number of nitrogens with zero attached hydrogens (tertiary/aromatic N) is 1. The van der Waals surface area contributed by atoms with Crippen LogP contribution in [0.25, 0.3) is 10.8 Å². The number of aliphatic carboxylic acids is 1. The normalized spacial score (nSPS) is 20.1. The van der Waals surface area contributed by atoms with E-state index in [4.69, 9.17) is 9.84 Å².